The van der Waals surface area contributed by atoms with Gasteiger partial charge in [-0.3, -0.25) is 4.79 Å². The van der Waals surface area contributed by atoms with Crippen molar-refractivity contribution < 1.29 is 4.79 Å². The van der Waals surface area contributed by atoms with E-state index in [1.165, 1.54) is 0 Å². The molecular formula is C10H17ClN2O. The predicted molar refractivity (Wildman–Crippen MR) is 60.9 cm³/mol. The number of nitrogens with two attached hydrogens (primary N) is 1. The molecule has 14 heavy (non-hydrogen) atoms. The molecule has 1 amide bonds. The first kappa shape index (κ1) is 13.3. The number of hydrogen-bond donors (Lipinski definition) is 1. The van der Waals surface area contributed by atoms with Gasteiger partial charge in [0.1, 0.15) is 0 Å². The Kier molecular flexibility index (Phi) is 5.65. The van der Waals surface area contributed by atoms with Crippen molar-refractivity contribution in [2.45, 2.75) is 26.7 Å². The highest BCUT2D eigenvalue weighted by Crippen LogP contribution is 2.21. The first-order valence-corrected chi connectivity index (χ1v) is 4.68. The van der Waals surface area contributed by atoms with Crippen LogP contribution in [0.1, 0.15) is 26.7 Å². The van der Waals surface area contributed by atoms with E-state index < -0.39 is 0 Å². The van der Waals surface area contributed by atoms with Crippen molar-refractivity contribution in [3.63, 3.8) is 0 Å². The highest BCUT2D eigenvalue weighted by molar-refractivity contribution is 6.05. The predicted octanol–water partition coefficient (Wildman–Crippen LogP) is 1.71. The molecule has 80 valence electrons. The van der Waals surface area contributed by atoms with Crippen LogP contribution in [0, 0.1) is 5.92 Å². The Morgan fingerprint density at radius 2 is 2.21 bits per heavy atom. The molecule has 1 atom stereocenters. The maximum atomic E-state index is 11.4. The lowest BCUT2D eigenvalue weighted by atomic mass is 9.91. The van der Waals surface area contributed by atoms with Gasteiger partial charge in [-0.25, -0.2) is 4.99 Å². The summed E-state index contributed by atoms with van der Waals surface area (Å²) in [6.07, 6.45) is 3.98. The minimum absolute atomic E-state index is 0. The number of dihydropyridines is 1. The number of amides is 1. The fraction of sp³-hybridized carbons (Fsp3) is 0.600. The van der Waals surface area contributed by atoms with E-state index in [4.69, 9.17) is 5.73 Å². The zero-order chi connectivity index (χ0) is 9.84. The maximum absolute atomic E-state index is 11.4. The molecule has 0 radical (unpaired) electrons. The number of rotatable bonds is 3. The average Bonchev–Trinajstić information content (AvgIpc) is 2.04. The van der Waals surface area contributed by atoms with Crippen molar-refractivity contribution in [2.75, 3.05) is 6.54 Å². The number of allylic oxidation sites excluding steroid dienone is 1. The van der Waals surface area contributed by atoms with E-state index in [0.717, 1.165) is 24.1 Å². The molecule has 4 heteroatoms. The van der Waals surface area contributed by atoms with Crippen LogP contribution in [0.25, 0.3) is 0 Å². The zero-order valence-electron chi connectivity index (χ0n) is 8.62. The van der Waals surface area contributed by atoms with E-state index in [1.54, 1.807) is 0 Å². The zero-order valence-corrected chi connectivity index (χ0v) is 9.43. The second kappa shape index (κ2) is 5.94. The lowest BCUT2D eigenvalue weighted by molar-refractivity contribution is -0.120. The molecule has 0 fully saturated rings. The summed E-state index contributed by atoms with van der Waals surface area (Å²) in [5.41, 5.74) is 7.47. The molecule has 1 unspecified atom stereocenters. The highest BCUT2D eigenvalue weighted by Gasteiger charge is 2.23. The third-order valence-corrected chi connectivity index (χ3v) is 2.20. The molecule has 2 N–H and O–H groups in total. The van der Waals surface area contributed by atoms with Crippen molar-refractivity contribution in [3.8, 4) is 0 Å². The van der Waals surface area contributed by atoms with Crippen LogP contribution in [0.3, 0.4) is 0 Å². The second-order valence-electron chi connectivity index (χ2n) is 3.35. The molecule has 0 saturated heterocycles. The Labute approximate surface area is 90.9 Å². The van der Waals surface area contributed by atoms with E-state index in [-0.39, 0.29) is 24.2 Å². The van der Waals surface area contributed by atoms with E-state index in [9.17, 15) is 4.79 Å². The molecule has 0 spiro atoms. The summed E-state index contributed by atoms with van der Waals surface area (Å²) < 4.78 is 0. The summed E-state index contributed by atoms with van der Waals surface area (Å²) in [5.74, 6) is -0.241. The number of aliphatic imine (C=N–C) groups is 1. The Balaban J connectivity index is 0.00000169. The molecule has 0 saturated carbocycles. The number of carbonyl (C=O) groups is 1. The smallest absolute Gasteiger partial charge is 0.254 e. The van der Waals surface area contributed by atoms with Gasteiger partial charge in [0.25, 0.3) is 5.91 Å². The first-order chi connectivity index (χ1) is 6.19. The van der Waals surface area contributed by atoms with E-state index >= 15 is 0 Å². The summed E-state index contributed by atoms with van der Waals surface area (Å²) >= 11 is 0. The quantitative estimate of drug-likeness (QED) is 0.781. The van der Waals surface area contributed by atoms with Gasteiger partial charge in [-0.2, -0.15) is 0 Å². The Morgan fingerprint density at radius 3 is 2.71 bits per heavy atom. The topological polar surface area (TPSA) is 55.5 Å². The van der Waals surface area contributed by atoms with Crippen LogP contribution in [0.4, 0.5) is 0 Å². The van der Waals surface area contributed by atoms with Gasteiger partial charge in [-0.15, -0.1) is 12.4 Å². The summed E-state index contributed by atoms with van der Waals surface area (Å²) in [6, 6.07) is 0. The molecule has 0 bridgehead atoms. The Morgan fingerprint density at radius 1 is 1.57 bits per heavy atom. The van der Waals surface area contributed by atoms with Crippen molar-refractivity contribution >= 4 is 24.0 Å². The summed E-state index contributed by atoms with van der Waals surface area (Å²) in [4.78, 5) is 15.3. The van der Waals surface area contributed by atoms with E-state index in [2.05, 4.69) is 11.9 Å². The Hall–Kier alpha value is -0.670. The van der Waals surface area contributed by atoms with Crippen LogP contribution in [0.5, 0.6) is 0 Å². The van der Waals surface area contributed by atoms with Crippen LogP contribution in [-0.4, -0.2) is 18.2 Å². The van der Waals surface area contributed by atoms with Crippen molar-refractivity contribution in [1.82, 2.24) is 0 Å². The molecular weight excluding hydrogens is 200 g/mol. The number of hydrogen-bond acceptors (Lipinski definition) is 2. The lowest BCUT2D eigenvalue weighted by Gasteiger charge is -2.18. The molecule has 0 aromatic carbocycles. The third-order valence-electron chi connectivity index (χ3n) is 2.20. The van der Waals surface area contributed by atoms with Crippen LogP contribution in [0.15, 0.2) is 16.6 Å². The van der Waals surface area contributed by atoms with Crippen LogP contribution in [-0.2, 0) is 4.79 Å². The van der Waals surface area contributed by atoms with Gasteiger partial charge in [-0.1, -0.05) is 18.9 Å². The van der Waals surface area contributed by atoms with Gasteiger partial charge in [-0.05, 0) is 19.4 Å². The van der Waals surface area contributed by atoms with Crippen LogP contribution < -0.4 is 5.73 Å². The highest BCUT2D eigenvalue weighted by atomic mass is 35.5. The van der Waals surface area contributed by atoms with Gasteiger partial charge in [0.15, 0.2) is 0 Å². The fourth-order valence-electron chi connectivity index (χ4n) is 1.60. The van der Waals surface area contributed by atoms with E-state index in [0.29, 0.717) is 6.54 Å². The third kappa shape index (κ3) is 2.93. The second-order valence-corrected chi connectivity index (χ2v) is 3.35. The van der Waals surface area contributed by atoms with Gasteiger partial charge < -0.3 is 5.73 Å². The molecule has 1 heterocycles. The molecule has 1 rings (SSSR count). The summed E-state index contributed by atoms with van der Waals surface area (Å²) in [5, 5.41) is 0. The van der Waals surface area contributed by atoms with Crippen LogP contribution in [0.2, 0.25) is 0 Å². The molecule has 0 aromatic rings. The van der Waals surface area contributed by atoms with Crippen molar-refractivity contribution in [2.24, 2.45) is 16.6 Å². The summed E-state index contributed by atoms with van der Waals surface area (Å²) in [6.45, 7) is 4.32. The summed E-state index contributed by atoms with van der Waals surface area (Å²) in [7, 11) is 0. The molecule has 0 aliphatic carbocycles. The molecule has 1 aliphatic rings. The lowest BCUT2D eigenvalue weighted by Crippen LogP contribution is -2.28. The maximum Gasteiger partial charge on any atom is 0.254 e. The van der Waals surface area contributed by atoms with E-state index in [1.807, 2.05) is 13.0 Å². The standard InChI is InChI=1S/C10H16N2O.ClH/c1-3-4-8-5-7(2)12-10(13)9(8)6-11;/h5,9H,3-4,6,11H2,1-2H3;1H. The molecule has 3 nitrogen and oxygen atoms in total. The normalized spacial score (nSPS) is 21.1. The number of nitrogens with zero attached hydrogens (tertiary/aromatic N) is 1. The van der Waals surface area contributed by atoms with Gasteiger partial charge >= 0.3 is 0 Å². The Bertz CT molecular complexity index is 271. The van der Waals surface area contributed by atoms with Gasteiger partial charge in [0.05, 0.1) is 5.92 Å². The number of carbonyl (C=O) groups excluding carboxylic acids is 1. The van der Waals surface area contributed by atoms with Crippen molar-refractivity contribution in [1.29, 1.82) is 0 Å². The first-order valence-electron chi connectivity index (χ1n) is 4.68. The minimum atomic E-state index is -0.163. The number of halogens is 1. The van der Waals surface area contributed by atoms with Crippen LogP contribution >= 0.6 is 12.4 Å². The largest absolute Gasteiger partial charge is 0.329 e. The van der Waals surface area contributed by atoms with Crippen molar-refractivity contribution in [3.05, 3.63) is 11.6 Å². The minimum Gasteiger partial charge on any atom is -0.329 e. The fourth-order valence-corrected chi connectivity index (χ4v) is 1.60. The molecule has 0 aromatic heterocycles. The van der Waals surface area contributed by atoms with Gasteiger partial charge in [0, 0.05) is 12.3 Å². The van der Waals surface area contributed by atoms with Gasteiger partial charge in [0.2, 0.25) is 0 Å². The average molecular weight is 217 g/mol. The molecule has 1 aliphatic heterocycles. The monoisotopic (exact) mass is 216 g/mol. The SMILES string of the molecule is CCCC1=CC(C)=NC(=O)C1CN.Cl.